The highest BCUT2D eigenvalue weighted by Gasteiger charge is 2.17. The van der Waals surface area contributed by atoms with Gasteiger partial charge in [0.05, 0.1) is 5.56 Å². The second-order valence-corrected chi connectivity index (χ2v) is 5.97. The number of halogens is 2. The highest BCUT2D eigenvalue weighted by atomic mass is 32.1. The minimum Gasteiger partial charge on any atom is -0.317 e. The summed E-state index contributed by atoms with van der Waals surface area (Å²) in [5.41, 5.74) is 0.342. The van der Waals surface area contributed by atoms with E-state index >= 15 is 0 Å². The quantitative estimate of drug-likeness (QED) is 0.792. The molecule has 1 aromatic carbocycles. The Morgan fingerprint density at radius 3 is 2.76 bits per heavy atom. The third kappa shape index (κ3) is 4.04. The van der Waals surface area contributed by atoms with Gasteiger partial charge in [0.15, 0.2) is 5.01 Å². The van der Waals surface area contributed by atoms with E-state index in [2.05, 4.69) is 22.4 Å². The minimum absolute atomic E-state index is 0.0668. The van der Waals surface area contributed by atoms with Crippen molar-refractivity contribution in [3.63, 3.8) is 0 Å². The number of nitrogens with zero attached hydrogens (tertiary/aromatic N) is 2. The average Bonchev–Trinajstić information content (AvgIpc) is 2.92. The zero-order valence-corrected chi connectivity index (χ0v) is 13.1. The molecule has 0 unspecified atom stereocenters. The monoisotopic (exact) mass is 311 g/mol. The Hall–Kier alpha value is -1.40. The van der Waals surface area contributed by atoms with Crippen molar-refractivity contribution in [3.05, 3.63) is 34.3 Å². The predicted molar refractivity (Wildman–Crippen MR) is 81.5 cm³/mol. The fourth-order valence-electron chi connectivity index (χ4n) is 1.97. The van der Waals surface area contributed by atoms with Crippen LogP contribution in [-0.2, 0) is 6.42 Å². The zero-order chi connectivity index (χ0) is 15.2. The third-order valence-corrected chi connectivity index (χ3v) is 4.14. The average molecular weight is 311 g/mol. The Bertz CT molecular complexity index is 599. The molecule has 0 spiro atoms. The molecular weight excluding hydrogens is 292 g/mol. The molecule has 114 valence electrons. The first kappa shape index (κ1) is 16.0. The fourth-order valence-corrected chi connectivity index (χ4v) is 2.90. The number of nitrogens with one attached hydrogen (secondary N) is 1. The number of aromatic nitrogens is 2. The van der Waals surface area contributed by atoms with Crippen LogP contribution in [0.3, 0.4) is 0 Å². The molecule has 0 aliphatic carbocycles. The normalized spacial score (nSPS) is 11.0. The van der Waals surface area contributed by atoms with E-state index in [0.29, 0.717) is 10.6 Å². The molecule has 6 heteroatoms. The van der Waals surface area contributed by atoms with Crippen molar-refractivity contribution in [2.24, 2.45) is 0 Å². The van der Waals surface area contributed by atoms with Crippen LogP contribution in [0.2, 0.25) is 0 Å². The smallest absolute Gasteiger partial charge is 0.153 e. The SMILES string of the molecule is CCCNCCCc1nnc(-c2c(F)ccc(C)c2F)s1. The van der Waals surface area contributed by atoms with E-state index in [0.717, 1.165) is 37.4 Å². The summed E-state index contributed by atoms with van der Waals surface area (Å²) in [7, 11) is 0. The molecule has 0 amide bonds. The molecule has 0 fully saturated rings. The van der Waals surface area contributed by atoms with Crippen molar-refractivity contribution in [2.45, 2.75) is 33.1 Å². The minimum atomic E-state index is -0.592. The lowest BCUT2D eigenvalue weighted by molar-refractivity contribution is 0.583. The van der Waals surface area contributed by atoms with Crippen molar-refractivity contribution in [2.75, 3.05) is 13.1 Å². The van der Waals surface area contributed by atoms with Gasteiger partial charge in [-0.3, -0.25) is 0 Å². The summed E-state index contributed by atoms with van der Waals surface area (Å²) in [5, 5.41) is 12.4. The van der Waals surface area contributed by atoms with E-state index in [-0.39, 0.29) is 5.56 Å². The predicted octanol–water partition coefficient (Wildman–Crippen LogP) is 3.72. The molecule has 0 bridgehead atoms. The van der Waals surface area contributed by atoms with Crippen LogP contribution in [0.25, 0.3) is 10.6 Å². The van der Waals surface area contributed by atoms with Crippen molar-refractivity contribution in [1.29, 1.82) is 0 Å². The Kier molecular flexibility index (Phi) is 5.76. The van der Waals surface area contributed by atoms with Gasteiger partial charge in [0.25, 0.3) is 0 Å². The molecule has 0 saturated carbocycles. The van der Waals surface area contributed by atoms with Crippen LogP contribution in [-0.4, -0.2) is 23.3 Å². The van der Waals surface area contributed by atoms with Crippen LogP contribution in [0.4, 0.5) is 8.78 Å². The summed E-state index contributed by atoms with van der Waals surface area (Å²) in [4.78, 5) is 0. The van der Waals surface area contributed by atoms with Crippen LogP contribution in [0.15, 0.2) is 12.1 Å². The molecule has 21 heavy (non-hydrogen) atoms. The van der Waals surface area contributed by atoms with Gasteiger partial charge >= 0.3 is 0 Å². The van der Waals surface area contributed by atoms with Gasteiger partial charge in [0, 0.05) is 6.42 Å². The van der Waals surface area contributed by atoms with E-state index in [1.54, 1.807) is 6.92 Å². The second-order valence-electron chi connectivity index (χ2n) is 4.91. The molecule has 1 N–H and O–H groups in total. The van der Waals surface area contributed by atoms with E-state index in [1.165, 1.54) is 23.5 Å². The molecule has 1 aromatic heterocycles. The Morgan fingerprint density at radius 2 is 2.00 bits per heavy atom. The highest BCUT2D eigenvalue weighted by Crippen LogP contribution is 2.30. The van der Waals surface area contributed by atoms with E-state index in [4.69, 9.17) is 0 Å². The third-order valence-electron chi connectivity index (χ3n) is 3.14. The van der Waals surface area contributed by atoms with Gasteiger partial charge < -0.3 is 5.32 Å². The molecule has 1 heterocycles. The first-order valence-electron chi connectivity index (χ1n) is 7.11. The number of rotatable bonds is 7. The van der Waals surface area contributed by atoms with Gasteiger partial charge in [-0.2, -0.15) is 0 Å². The molecule has 0 radical (unpaired) electrons. The van der Waals surface area contributed by atoms with E-state index in [1.807, 2.05) is 0 Å². The molecule has 3 nitrogen and oxygen atoms in total. The topological polar surface area (TPSA) is 37.8 Å². The number of aryl methyl sites for hydroxylation is 2. The summed E-state index contributed by atoms with van der Waals surface area (Å²) in [5.74, 6) is -1.15. The van der Waals surface area contributed by atoms with Crippen LogP contribution in [0, 0.1) is 18.6 Å². The van der Waals surface area contributed by atoms with Gasteiger partial charge in [-0.05, 0) is 44.5 Å². The standard InChI is InChI=1S/C15H19F2N3S/c1-3-8-18-9-4-5-12-19-20-15(21-12)13-11(16)7-6-10(2)14(13)17/h6-7,18H,3-5,8-9H2,1-2H3. The summed E-state index contributed by atoms with van der Waals surface area (Å²) in [6.07, 6.45) is 2.81. The van der Waals surface area contributed by atoms with Gasteiger partial charge in [0.2, 0.25) is 0 Å². The van der Waals surface area contributed by atoms with Gasteiger partial charge in [0.1, 0.15) is 16.6 Å². The fraction of sp³-hybridized carbons (Fsp3) is 0.467. The summed E-state index contributed by atoms with van der Waals surface area (Å²) in [6, 6.07) is 2.69. The second kappa shape index (κ2) is 7.56. The zero-order valence-electron chi connectivity index (χ0n) is 12.2. The van der Waals surface area contributed by atoms with Crippen LogP contribution >= 0.6 is 11.3 Å². The molecule has 0 saturated heterocycles. The van der Waals surface area contributed by atoms with Crippen LogP contribution in [0.5, 0.6) is 0 Å². The maximum atomic E-state index is 14.0. The van der Waals surface area contributed by atoms with E-state index < -0.39 is 11.6 Å². The van der Waals surface area contributed by atoms with Crippen molar-refractivity contribution in [3.8, 4) is 10.6 Å². The molecule has 0 atom stereocenters. The summed E-state index contributed by atoms with van der Waals surface area (Å²) < 4.78 is 27.8. The van der Waals surface area contributed by atoms with Gasteiger partial charge in [-0.25, -0.2) is 8.78 Å². The molecule has 2 rings (SSSR count). The first-order valence-corrected chi connectivity index (χ1v) is 7.93. The first-order chi connectivity index (χ1) is 10.1. The number of hydrogen-bond acceptors (Lipinski definition) is 4. The summed E-state index contributed by atoms with van der Waals surface area (Å²) in [6.45, 7) is 5.64. The Labute approximate surface area is 127 Å². The molecule has 2 aromatic rings. The lowest BCUT2D eigenvalue weighted by atomic mass is 10.1. The van der Waals surface area contributed by atoms with E-state index in [9.17, 15) is 8.78 Å². The van der Waals surface area contributed by atoms with Gasteiger partial charge in [-0.1, -0.05) is 24.3 Å². The highest BCUT2D eigenvalue weighted by molar-refractivity contribution is 7.14. The number of hydrogen-bond donors (Lipinski definition) is 1. The maximum Gasteiger partial charge on any atom is 0.153 e. The molecule has 0 aliphatic heterocycles. The van der Waals surface area contributed by atoms with Crippen LogP contribution in [0.1, 0.15) is 30.3 Å². The Morgan fingerprint density at radius 1 is 1.19 bits per heavy atom. The summed E-state index contributed by atoms with van der Waals surface area (Å²) >= 11 is 1.26. The van der Waals surface area contributed by atoms with Crippen molar-refractivity contribution >= 4 is 11.3 Å². The van der Waals surface area contributed by atoms with Crippen molar-refractivity contribution in [1.82, 2.24) is 15.5 Å². The molecular formula is C15H19F2N3S. The largest absolute Gasteiger partial charge is 0.317 e. The van der Waals surface area contributed by atoms with Gasteiger partial charge in [-0.15, -0.1) is 10.2 Å². The van der Waals surface area contributed by atoms with Crippen molar-refractivity contribution < 1.29 is 8.78 Å². The maximum absolute atomic E-state index is 14.0. The number of benzene rings is 1. The molecule has 0 aliphatic rings. The lowest BCUT2D eigenvalue weighted by Crippen LogP contribution is -2.16. The van der Waals surface area contributed by atoms with Crippen LogP contribution < -0.4 is 5.32 Å². The lowest BCUT2D eigenvalue weighted by Gasteiger charge is -2.03. The Balaban J connectivity index is 2.05.